The smallest absolute Gasteiger partial charge is 0.338 e. The SMILES string of the molecule is CC(C)COC(=O)c1ccc(NC(=O)CCN2C(=O)[C@@H]3[C@H]4C=C[C@@H]([C@@H]5C[C@H]45)[C@H]3C2=O)cc1. The van der Waals surface area contributed by atoms with E-state index in [1.54, 1.807) is 24.3 Å². The monoisotopic (exact) mass is 436 g/mol. The van der Waals surface area contributed by atoms with E-state index >= 15 is 0 Å². The Morgan fingerprint density at radius 2 is 1.62 bits per heavy atom. The molecule has 0 unspecified atom stereocenters. The Bertz CT molecular complexity index is 962. The average molecular weight is 437 g/mol. The number of carbonyl (C=O) groups excluding carboxylic acids is 4. The number of esters is 1. The minimum atomic E-state index is -0.398. The van der Waals surface area contributed by atoms with Gasteiger partial charge in [0.25, 0.3) is 0 Å². The van der Waals surface area contributed by atoms with E-state index < -0.39 is 5.97 Å². The van der Waals surface area contributed by atoms with Crippen molar-refractivity contribution in [2.75, 3.05) is 18.5 Å². The van der Waals surface area contributed by atoms with E-state index in [0.29, 0.717) is 29.7 Å². The van der Waals surface area contributed by atoms with E-state index in [2.05, 4.69) is 17.5 Å². The fourth-order valence-electron chi connectivity index (χ4n) is 5.69. The van der Waals surface area contributed by atoms with Crippen molar-refractivity contribution < 1.29 is 23.9 Å². The molecule has 6 rings (SSSR count). The third kappa shape index (κ3) is 3.53. The maximum absolute atomic E-state index is 13.0. The van der Waals surface area contributed by atoms with Gasteiger partial charge in [0.2, 0.25) is 17.7 Å². The van der Waals surface area contributed by atoms with Gasteiger partial charge in [0.05, 0.1) is 24.0 Å². The van der Waals surface area contributed by atoms with E-state index in [9.17, 15) is 19.2 Å². The summed E-state index contributed by atoms with van der Waals surface area (Å²) >= 11 is 0. The summed E-state index contributed by atoms with van der Waals surface area (Å²) < 4.78 is 5.19. The summed E-state index contributed by atoms with van der Waals surface area (Å²) in [5, 5.41) is 2.77. The normalized spacial score (nSPS) is 31.5. The number of hydrogen-bond donors (Lipinski definition) is 1. The van der Waals surface area contributed by atoms with Crippen LogP contribution in [0.2, 0.25) is 0 Å². The number of nitrogens with one attached hydrogen (secondary N) is 1. The van der Waals surface area contributed by atoms with Crippen molar-refractivity contribution in [1.29, 1.82) is 0 Å². The molecular formula is C25H28N2O5. The van der Waals surface area contributed by atoms with Crippen LogP contribution in [0, 0.1) is 41.4 Å². The van der Waals surface area contributed by atoms with Crippen LogP contribution in [-0.2, 0) is 19.1 Å². The standard InChI is InChI=1S/C25H28N2O5/c1-13(2)12-32-25(31)14-3-5-15(6-4-14)26-20(28)9-10-27-23(29)21-16-7-8-17(19-11-18(16)19)22(21)24(27)30/h3-8,13,16-19,21-22H,9-12H2,1-2H3,(H,26,28)/t16-,17-,18-,19+,21+,22+/m0/s1. The van der Waals surface area contributed by atoms with E-state index in [4.69, 9.17) is 4.74 Å². The lowest BCUT2D eigenvalue weighted by molar-refractivity contribution is -0.140. The van der Waals surface area contributed by atoms with Crippen LogP contribution in [0.5, 0.6) is 0 Å². The lowest BCUT2D eigenvalue weighted by atomic mass is 9.63. The number of imide groups is 1. The Kier molecular flexibility index (Phi) is 5.14. The molecule has 2 bridgehead atoms. The van der Waals surface area contributed by atoms with Gasteiger partial charge in [0.1, 0.15) is 0 Å². The van der Waals surface area contributed by atoms with Crippen LogP contribution >= 0.6 is 0 Å². The van der Waals surface area contributed by atoms with Gasteiger partial charge in [-0.3, -0.25) is 19.3 Å². The highest BCUT2D eigenvalue weighted by Gasteiger charge is 2.66. The molecule has 1 saturated heterocycles. The molecule has 0 radical (unpaired) electrons. The first-order valence-corrected chi connectivity index (χ1v) is 11.5. The first kappa shape index (κ1) is 20.9. The molecule has 3 amide bonds. The minimum Gasteiger partial charge on any atom is -0.462 e. The molecule has 3 fully saturated rings. The molecule has 1 aliphatic heterocycles. The Balaban J connectivity index is 1.14. The summed E-state index contributed by atoms with van der Waals surface area (Å²) in [4.78, 5) is 51.7. The van der Waals surface area contributed by atoms with Crippen molar-refractivity contribution in [1.82, 2.24) is 4.90 Å². The van der Waals surface area contributed by atoms with Gasteiger partial charge in [0.15, 0.2) is 0 Å². The zero-order valence-corrected chi connectivity index (χ0v) is 18.3. The van der Waals surface area contributed by atoms with Gasteiger partial charge in [0, 0.05) is 18.7 Å². The van der Waals surface area contributed by atoms with Gasteiger partial charge in [-0.25, -0.2) is 4.79 Å². The number of anilines is 1. The average Bonchev–Trinajstić information content (AvgIpc) is 3.56. The number of amides is 3. The van der Waals surface area contributed by atoms with Crippen LogP contribution in [0.15, 0.2) is 36.4 Å². The molecule has 7 nitrogen and oxygen atoms in total. The molecule has 5 aliphatic rings. The van der Waals surface area contributed by atoms with Gasteiger partial charge < -0.3 is 10.1 Å². The lowest BCUT2D eigenvalue weighted by Gasteiger charge is -2.37. The highest BCUT2D eigenvalue weighted by Crippen LogP contribution is 2.65. The molecule has 1 aromatic carbocycles. The number of rotatable bonds is 7. The first-order chi connectivity index (χ1) is 15.3. The van der Waals surface area contributed by atoms with Crippen LogP contribution in [0.25, 0.3) is 0 Å². The highest BCUT2D eigenvalue weighted by atomic mass is 16.5. The van der Waals surface area contributed by atoms with Gasteiger partial charge >= 0.3 is 5.97 Å². The summed E-state index contributed by atoms with van der Waals surface area (Å²) in [5.74, 6) is 0.418. The summed E-state index contributed by atoms with van der Waals surface area (Å²) in [7, 11) is 0. The molecule has 0 aromatic heterocycles. The summed E-state index contributed by atoms with van der Waals surface area (Å²) in [6.45, 7) is 4.39. The molecular weight excluding hydrogens is 408 g/mol. The molecule has 4 aliphatic carbocycles. The van der Waals surface area contributed by atoms with Crippen molar-refractivity contribution in [2.45, 2.75) is 26.7 Å². The second-order valence-electron chi connectivity index (χ2n) is 9.85. The predicted molar refractivity (Wildman–Crippen MR) is 116 cm³/mol. The molecule has 6 atom stereocenters. The fraction of sp³-hybridized carbons (Fsp3) is 0.520. The molecule has 1 N–H and O–H groups in total. The van der Waals surface area contributed by atoms with E-state index in [1.165, 1.54) is 4.90 Å². The Hall–Kier alpha value is -2.96. The molecule has 1 heterocycles. The van der Waals surface area contributed by atoms with Crippen molar-refractivity contribution in [3.63, 3.8) is 0 Å². The van der Waals surface area contributed by atoms with Crippen LogP contribution in [-0.4, -0.2) is 41.7 Å². The zero-order chi connectivity index (χ0) is 22.6. The van der Waals surface area contributed by atoms with Gasteiger partial charge in [-0.15, -0.1) is 0 Å². The number of likely N-dealkylation sites (tertiary alicyclic amines) is 1. The Labute approximate surface area is 187 Å². The largest absolute Gasteiger partial charge is 0.462 e. The highest BCUT2D eigenvalue weighted by molar-refractivity contribution is 6.06. The topological polar surface area (TPSA) is 92.8 Å². The number of benzene rings is 1. The molecule has 168 valence electrons. The van der Waals surface area contributed by atoms with E-state index in [1.807, 2.05) is 13.8 Å². The van der Waals surface area contributed by atoms with Crippen molar-refractivity contribution in [3.05, 3.63) is 42.0 Å². The summed E-state index contributed by atoms with van der Waals surface area (Å²) in [6.07, 6.45) is 5.46. The fourth-order valence-corrected chi connectivity index (χ4v) is 5.69. The maximum atomic E-state index is 13.0. The third-order valence-electron chi connectivity index (χ3n) is 7.27. The molecule has 7 heteroatoms. The van der Waals surface area contributed by atoms with Crippen LogP contribution in [0.1, 0.15) is 37.0 Å². The maximum Gasteiger partial charge on any atom is 0.338 e. The van der Waals surface area contributed by atoms with Crippen LogP contribution < -0.4 is 5.32 Å². The minimum absolute atomic E-state index is 0.0463. The van der Waals surface area contributed by atoms with Crippen molar-refractivity contribution >= 4 is 29.4 Å². The predicted octanol–water partition coefficient (Wildman–Crippen LogP) is 2.88. The number of ether oxygens (including phenoxy) is 1. The second-order valence-corrected chi connectivity index (χ2v) is 9.85. The number of nitrogens with zero attached hydrogens (tertiary/aromatic N) is 1. The second kappa shape index (κ2) is 7.87. The number of carbonyl (C=O) groups is 4. The van der Waals surface area contributed by atoms with E-state index in [0.717, 1.165) is 6.42 Å². The summed E-state index contributed by atoms with van der Waals surface area (Å²) in [6, 6.07) is 6.48. The zero-order valence-electron chi connectivity index (χ0n) is 18.3. The lowest BCUT2D eigenvalue weighted by Crippen LogP contribution is -2.40. The molecule has 32 heavy (non-hydrogen) atoms. The van der Waals surface area contributed by atoms with E-state index in [-0.39, 0.29) is 60.3 Å². The summed E-state index contributed by atoms with van der Waals surface area (Å²) in [5.41, 5.74) is 0.964. The van der Waals surface area contributed by atoms with Crippen molar-refractivity contribution in [3.8, 4) is 0 Å². The Morgan fingerprint density at radius 1 is 1.03 bits per heavy atom. The third-order valence-corrected chi connectivity index (χ3v) is 7.27. The quantitative estimate of drug-likeness (QED) is 0.403. The number of allylic oxidation sites excluding steroid dienone is 2. The van der Waals surface area contributed by atoms with Gasteiger partial charge in [-0.2, -0.15) is 0 Å². The van der Waals surface area contributed by atoms with Crippen LogP contribution in [0.3, 0.4) is 0 Å². The molecule has 0 spiro atoms. The number of hydrogen-bond acceptors (Lipinski definition) is 5. The Morgan fingerprint density at radius 3 is 2.19 bits per heavy atom. The first-order valence-electron chi connectivity index (χ1n) is 11.5. The molecule has 2 saturated carbocycles. The van der Waals surface area contributed by atoms with Gasteiger partial charge in [-0.05, 0) is 60.3 Å². The van der Waals surface area contributed by atoms with Crippen LogP contribution in [0.4, 0.5) is 5.69 Å². The van der Waals surface area contributed by atoms with Crippen molar-refractivity contribution in [2.24, 2.45) is 41.4 Å². The van der Waals surface area contributed by atoms with Gasteiger partial charge in [-0.1, -0.05) is 26.0 Å². The molecule has 1 aromatic rings.